The lowest BCUT2D eigenvalue weighted by Gasteiger charge is -2.34. The predicted molar refractivity (Wildman–Crippen MR) is 69.9 cm³/mol. The predicted octanol–water partition coefficient (Wildman–Crippen LogP) is 0.224. The maximum atomic E-state index is 9.33. The van der Waals surface area contributed by atoms with Gasteiger partial charge in [-0.3, -0.25) is 9.80 Å². The van der Waals surface area contributed by atoms with Gasteiger partial charge in [-0.2, -0.15) is 0 Å². The van der Waals surface area contributed by atoms with Gasteiger partial charge in [0.25, 0.3) is 0 Å². The minimum atomic E-state index is -0.233. The highest BCUT2D eigenvalue weighted by Crippen LogP contribution is 2.17. The van der Waals surface area contributed by atoms with E-state index in [-0.39, 0.29) is 6.10 Å². The Bertz CT molecular complexity index is 347. The van der Waals surface area contributed by atoms with E-state index in [4.69, 9.17) is 5.73 Å². The van der Waals surface area contributed by atoms with Gasteiger partial charge in [-0.25, -0.2) is 4.98 Å². The molecule has 0 aromatic carbocycles. The first kappa shape index (κ1) is 12.8. The van der Waals surface area contributed by atoms with Gasteiger partial charge in [0.15, 0.2) is 5.13 Å². The number of nitrogens with zero attached hydrogens (tertiary/aromatic N) is 3. The number of anilines is 1. The van der Waals surface area contributed by atoms with Crippen LogP contribution in [0, 0.1) is 0 Å². The number of aliphatic hydroxyl groups excluding tert-OH is 1. The third-order valence-corrected chi connectivity index (χ3v) is 3.75. The second-order valence-corrected chi connectivity index (χ2v) is 5.74. The molecule has 6 heteroatoms. The molecule has 1 aromatic heterocycles. The van der Waals surface area contributed by atoms with Crippen LogP contribution in [0.4, 0.5) is 5.13 Å². The Labute approximate surface area is 106 Å². The number of rotatable bonds is 4. The van der Waals surface area contributed by atoms with Crippen molar-refractivity contribution < 1.29 is 5.11 Å². The van der Waals surface area contributed by atoms with E-state index in [1.165, 1.54) is 4.88 Å². The number of nitrogens with two attached hydrogens (primary N) is 1. The van der Waals surface area contributed by atoms with Gasteiger partial charge in [0, 0.05) is 50.3 Å². The fourth-order valence-corrected chi connectivity index (χ4v) is 2.85. The monoisotopic (exact) mass is 256 g/mol. The van der Waals surface area contributed by atoms with E-state index >= 15 is 0 Å². The third-order valence-electron chi connectivity index (χ3n) is 2.94. The number of hydrogen-bond donors (Lipinski definition) is 2. The lowest BCUT2D eigenvalue weighted by atomic mass is 10.2. The Morgan fingerprint density at radius 3 is 2.59 bits per heavy atom. The van der Waals surface area contributed by atoms with Gasteiger partial charge in [-0.15, -0.1) is 11.3 Å². The van der Waals surface area contributed by atoms with Crippen molar-refractivity contribution in [3.05, 3.63) is 11.1 Å². The number of piperazine rings is 1. The molecular weight excluding hydrogens is 236 g/mol. The van der Waals surface area contributed by atoms with Gasteiger partial charge >= 0.3 is 0 Å². The van der Waals surface area contributed by atoms with E-state index in [2.05, 4.69) is 14.8 Å². The number of nitrogen functional groups attached to an aromatic ring is 1. The number of β-amino-alcohol motifs (C(OH)–C–C–N with tert-alkyl or cyclic N) is 1. The van der Waals surface area contributed by atoms with Gasteiger partial charge < -0.3 is 10.8 Å². The van der Waals surface area contributed by atoms with Crippen molar-refractivity contribution in [2.75, 3.05) is 38.5 Å². The van der Waals surface area contributed by atoms with Crippen LogP contribution in [0.15, 0.2) is 6.20 Å². The van der Waals surface area contributed by atoms with Gasteiger partial charge in [0.05, 0.1) is 6.10 Å². The maximum Gasteiger partial charge on any atom is 0.180 e. The van der Waals surface area contributed by atoms with Crippen LogP contribution >= 0.6 is 11.3 Å². The first-order chi connectivity index (χ1) is 8.13. The molecule has 0 spiro atoms. The Hall–Kier alpha value is -0.690. The summed E-state index contributed by atoms with van der Waals surface area (Å²) in [7, 11) is 0. The number of aromatic nitrogens is 1. The molecule has 2 heterocycles. The zero-order valence-electron chi connectivity index (χ0n) is 10.2. The lowest BCUT2D eigenvalue weighted by Crippen LogP contribution is -2.47. The standard InChI is InChI=1S/C11H20N4OS/c1-9(16)7-14-2-4-15(5-3-14)8-10-6-13-11(12)17-10/h6,9,16H,2-5,7-8H2,1H3,(H2,12,13)/t9-/m1/s1. The molecule has 0 amide bonds. The van der Waals surface area contributed by atoms with Gasteiger partial charge in [-0.05, 0) is 6.92 Å². The number of hydrogen-bond acceptors (Lipinski definition) is 6. The Morgan fingerprint density at radius 2 is 2.06 bits per heavy atom. The molecule has 1 atom stereocenters. The molecule has 3 N–H and O–H groups in total. The molecule has 1 aliphatic rings. The fraction of sp³-hybridized carbons (Fsp3) is 0.727. The van der Waals surface area contributed by atoms with Crippen LogP contribution in [0.25, 0.3) is 0 Å². The molecule has 2 rings (SSSR count). The largest absolute Gasteiger partial charge is 0.392 e. The van der Waals surface area contributed by atoms with E-state index in [1.807, 2.05) is 13.1 Å². The first-order valence-electron chi connectivity index (χ1n) is 5.96. The van der Waals surface area contributed by atoms with Crippen LogP contribution in [0.2, 0.25) is 0 Å². The highest BCUT2D eigenvalue weighted by molar-refractivity contribution is 7.15. The van der Waals surface area contributed by atoms with Crippen LogP contribution in [0.5, 0.6) is 0 Å². The second-order valence-electron chi connectivity index (χ2n) is 4.59. The Balaban J connectivity index is 1.75. The van der Waals surface area contributed by atoms with E-state index in [0.29, 0.717) is 5.13 Å². The van der Waals surface area contributed by atoms with Crippen LogP contribution in [0.3, 0.4) is 0 Å². The summed E-state index contributed by atoms with van der Waals surface area (Å²) < 4.78 is 0. The number of thiazole rings is 1. The molecule has 0 aliphatic carbocycles. The van der Waals surface area contributed by atoms with Crippen molar-refractivity contribution in [1.29, 1.82) is 0 Å². The van der Waals surface area contributed by atoms with Gasteiger partial charge in [0.1, 0.15) is 0 Å². The molecule has 1 aromatic rings. The van der Waals surface area contributed by atoms with Crippen LogP contribution < -0.4 is 5.73 Å². The molecule has 0 saturated carbocycles. The summed E-state index contributed by atoms with van der Waals surface area (Å²) in [4.78, 5) is 10.0. The summed E-state index contributed by atoms with van der Waals surface area (Å²) in [5.41, 5.74) is 5.61. The van der Waals surface area contributed by atoms with E-state index in [1.54, 1.807) is 11.3 Å². The van der Waals surface area contributed by atoms with Crippen molar-refractivity contribution in [1.82, 2.24) is 14.8 Å². The number of aliphatic hydroxyl groups is 1. The molecule has 1 saturated heterocycles. The molecule has 0 bridgehead atoms. The molecule has 96 valence electrons. The van der Waals surface area contributed by atoms with Crippen LogP contribution in [0.1, 0.15) is 11.8 Å². The van der Waals surface area contributed by atoms with Crippen molar-refractivity contribution in [2.24, 2.45) is 0 Å². The minimum Gasteiger partial charge on any atom is -0.392 e. The second kappa shape index (κ2) is 5.77. The molecule has 0 radical (unpaired) electrons. The van der Waals surface area contributed by atoms with Gasteiger partial charge in [0.2, 0.25) is 0 Å². The molecular formula is C11H20N4OS. The molecule has 5 nitrogen and oxygen atoms in total. The van der Waals surface area contributed by atoms with Gasteiger partial charge in [-0.1, -0.05) is 0 Å². The SMILES string of the molecule is C[C@@H](O)CN1CCN(Cc2cnc(N)s2)CC1. The van der Waals surface area contributed by atoms with E-state index in [9.17, 15) is 5.11 Å². The highest BCUT2D eigenvalue weighted by Gasteiger charge is 2.18. The summed E-state index contributed by atoms with van der Waals surface area (Å²) in [6.45, 7) is 7.71. The summed E-state index contributed by atoms with van der Waals surface area (Å²) in [5.74, 6) is 0. The minimum absolute atomic E-state index is 0.233. The maximum absolute atomic E-state index is 9.33. The van der Waals surface area contributed by atoms with Crippen molar-refractivity contribution in [2.45, 2.75) is 19.6 Å². The average Bonchev–Trinajstić information content (AvgIpc) is 2.66. The molecule has 1 aliphatic heterocycles. The van der Waals surface area contributed by atoms with Crippen molar-refractivity contribution in [3.63, 3.8) is 0 Å². The van der Waals surface area contributed by atoms with Crippen LogP contribution in [-0.4, -0.2) is 58.7 Å². The quantitative estimate of drug-likeness (QED) is 0.807. The Morgan fingerprint density at radius 1 is 1.41 bits per heavy atom. The first-order valence-corrected chi connectivity index (χ1v) is 6.78. The smallest absolute Gasteiger partial charge is 0.180 e. The summed E-state index contributed by atoms with van der Waals surface area (Å²) in [6, 6.07) is 0. The Kier molecular flexibility index (Phi) is 4.33. The fourth-order valence-electron chi connectivity index (χ4n) is 2.12. The zero-order valence-corrected chi connectivity index (χ0v) is 11.0. The van der Waals surface area contributed by atoms with Crippen molar-refractivity contribution in [3.8, 4) is 0 Å². The lowest BCUT2D eigenvalue weighted by molar-refractivity contribution is 0.0784. The summed E-state index contributed by atoms with van der Waals surface area (Å²) in [6.07, 6.45) is 1.63. The molecule has 17 heavy (non-hydrogen) atoms. The molecule has 0 unspecified atom stereocenters. The van der Waals surface area contributed by atoms with Crippen molar-refractivity contribution >= 4 is 16.5 Å². The molecule has 1 fully saturated rings. The summed E-state index contributed by atoms with van der Waals surface area (Å²) in [5, 5.41) is 9.98. The van der Waals surface area contributed by atoms with E-state index < -0.39 is 0 Å². The zero-order chi connectivity index (χ0) is 12.3. The van der Waals surface area contributed by atoms with Crippen LogP contribution in [-0.2, 0) is 6.54 Å². The summed E-state index contributed by atoms with van der Waals surface area (Å²) >= 11 is 1.56. The normalized spacial score (nSPS) is 20.6. The topological polar surface area (TPSA) is 65.6 Å². The van der Waals surface area contributed by atoms with E-state index in [0.717, 1.165) is 39.3 Å². The highest BCUT2D eigenvalue weighted by atomic mass is 32.1. The average molecular weight is 256 g/mol. The third kappa shape index (κ3) is 3.92.